The van der Waals surface area contributed by atoms with E-state index < -0.39 is 11.3 Å². The third-order valence-corrected chi connectivity index (χ3v) is 4.35. The fourth-order valence-electron chi connectivity index (χ4n) is 1.59. The normalized spacial score (nSPS) is 30.1. The molecule has 0 aromatic rings. The molecule has 2 heterocycles. The predicted molar refractivity (Wildman–Crippen MR) is 57.3 cm³/mol. The van der Waals surface area contributed by atoms with E-state index in [-0.39, 0.29) is 17.0 Å². The smallest absolute Gasteiger partial charge is 0.352 e. The van der Waals surface area contributed by atoms with Gasteiger partial charge in [0.05, 0.1) is 0 Å². The second-order valence-corrected chi connectivity index (χ2v) is 5.00. The molecule has 4 nitrogen and oxygen atoms in total. The number of hydrogen-bond donors (Lipinski definition) is 1. The summed E-state index contributed by atoms with van der Waals surface area (Å²) in [4.78, 5) is 24.3. The van der Waals surface area contributed by atoms with E-state index in [1.807, 2.05) is 0 Å². The van der Waals surface area contributed by atoms with Crippen LogP contribution in [-0.2, 0) is 9.59 Å². The van der Waals surface area contributed by atoms with Crippen molar-refractivity contribution in [3.63, 3.8) is 0 Å². The van der Waals surface area contributed by atoms with Gasteiger partial charge in [0, 0.05) is 4.91 Å². The van der Waals surface area contributed by atoms with Crippen LogP contribution >= 0.6 is 23.4 Å². The molecule has 0 radical (unpaired) electrons. The number of alkyl halides is 1. The Kier molecular flexibility index (Phi) is 2.31. The first kappa shape index (κ1) is 10.6. The quantitative estimate of drug-likeness (QED) is 0.560. The molecule has 1 fully saturated rings. The van der Waals surface area contributed by atoms with Crippen LogP contribution < -0.4 is 0 Å². The maximum atomic E-state index is 11.4. The maximum absolute atomic E-state index is 11.4. The fourth-order valence-corrected chi connectivity index (χ4v) is 3.08. The Morgan fingerprint density at radius 3 is 2.80 bits per heavy atom. The summed E-state index contributed by atoms with van der Waals surface area (Å²) in [6, 6.07) is 0. The molecule has 0 saturated carbocycles. The van der Waals surface area contributed by atoms with Gasteiger partial charge in [0.1, 0.15) is 16.4 Å². The summed E-state index contributed by atoms with van der Waals surface area (Å²) >= 11 is 7.12. The number of fused-ring (bicyclic) bond motifs is 1. The minimum atomic E-state index is -1.11. The number of hydrogen-bond acceptors (Lipinski definition) is 3. The van der Waals surface area contributed by atoms with Crippen LogP contribution in [0.2, 0.25) is 0 Å². The molecule has 2 rings (SSSR count). The minimum absolute atomic E-state index is 0.00523. The van der Waals surface area contributed by atoms with Crippen molar-refractivity contribution in [1.29, 1.82) is 0 Å². The Bertz CT molecular complexity index is 418. The highest BCUT2D eigenvalue weighted by Crippen LogP contribution is 2.47. The molecule has 2 atom stereocenters. The van der Waals surface area contributed by atoms with E-state index in [0.717, 1.165) is 0 Å². The lowest BCUT2D eigenvalue weighted by molar-refractivity contribution is -0.145. The van der Waals surface area contributed by atoms with Gasteiger partial charge in [0.15, 0.2) is 0 Å². The summed E-state index contributed by atoms with van der Waals surface area (Å²) in [6.07, 6.45) is 0. The van der Waals surface area contributed by atoms with Gasteiger partial charge >= 0.3 is 5.97 Å². The van der Waals surface area contributed by atoms with Crippen molar-refractivity contribution in [1.82, 2.24) is 4.90 Å². The van der Waals surface area contributed by atoms with E-state index in [1.54, 1.807) is 6.92 Å². The van der Waals surface area contributed by atoms with Crippen molar-refractivity contribution < 1.29 is 14.7 Å². The third-order valence-electron chi connectivity index (χ3n) is 2.46. The number of amides is 1. The van der Waals surface area contributed by atoms with Crippen LogP contribution in [0.4, 0.5) is 0 Å². The average molecular weight is 246 g/mol. The molecule has 1 saturated heterocycles. The predicted octanol–water partition coefficient (Wildman–Crippen LogP) is 1.38. The van der Waals surface area contributed by atoms with E-state index in [9.17, 15) is 9.59 Å². The summed E-state index contributed by atoms with van der Waals surface area (Å²) in [7, 11) is 0. The Morgan fingerprint density at radius 1 is 1.67 bits per heavy atom. The Hall–Kier alpha value is -0.940. The second-order valence-electron chi connectivity index (χ2n) is 3.32. The van der Waals surface area contributed by atoms with E-state index in [1.165, 1.54) is 16.7 Å². The molecule has 0 aromatic carbocycles. The maximum Gasteiger partial charge on any atom is 0.352 e. The van der Waals surface area contributed by atoms with Gasteiger partial charge in [-0.1, -0.05) is 18.3 Å². The van der Waals surface area contributed by atoms with Gasteiger partial charge < -0.3 is 5.11 Å². The molecule has 2 aliphatic heterocycles. The monoisotopic (exact) mass is 245 g/mol. The molecule has 0 aromatic heterocycles. The number of carbonyl (C=O) groups excluding carboxylic acids is 1. The van der Waals surface area contributed by atoms with Gasteiger partial charge in [-0.3, -0.25) is 9.69 Å². The molecular weight excluding hydrogens is 238 g/mol. The number of carboxylic acids is 1. The summed E-state index contributed by atoms with van der Waals surface area (Å²) in [5.74, 6) is -1.46. The fraction of sp³-hybridized carbons (Fsp3) is 0.333. The molecule has 80 valence electrons. The summed E-state index contributed by atoms with van der Waals surface area (Å²) < 4.78 is 0. The van der Waals surface area contributed by atoms with Crippen LogP contribution in [0.5, 0.6) is 0 Å². The van der Waals surface area contributed by atoms with E-state index >= 15 is 0 Å². The molecule has 6 heteroatoms. The Balaban J connectivity index is 2.47. The van der Waals surface area contributed by atoms with Crippen LogP contribution in [0.15, 0.2) is 22.8 Å². The SMILES string of the molecule is C=C1S[C@H]2[C@@H](Cl)C(=O)N2C(C(=O)O)=C1C. The van der Waals surface area contributed by atoms with Crippen molar-refractivity contribution >= 4 is 35.2 Å². The number of nitrogens with zero attached hydrogens (tertiary/aromatic N) is 1. The van der Waals surface area contributed by atoms with Gasteiger partial charge in [0.25, 0.3) is 0 Å². The van der Waals surface area contributed by atoms with Crippen molar-refractivity contribution in [3.8, 4) is 0 Å². The molecular formula is C9H8ClNO3S. The first-order chi connectivity index (χ1) is 6.95. The number of allylic oxidation sites excluding steroid dienone is 1. The number of thioether (sulfide) groups is 1. The summed E-state index contributed by atoms with van der Waals surface area (Å²) in [5, 5.41) is 8.04. The zero-order valence-corrected chi connectivity index (χ0v) is 9.43. The van der Waals surface area contributed by atoms with E-state index in [0.29, 0.717) is 10.5 Å². The lowest BCUT2D eigenvalue weighted by Gasteiger charge is -2.47. The standard InChI is InChI=1S/C9H8ClNO3S/c1-3-4(2)15-8-5(10)7(12)11(8)6(3)9(13)14/h5,8H,2H2,1H3,(H,13,14)/t5-,8-/m0/s1. The average Bonchev–Trinajstić information content (AvgIpc) is 2.20. The number of carboxylic acid groups (broad SMARTS) is 1. The van der Waals surface area contributed by atoms with Crippen molar-refractivity contribution in [2.45, 2.75) is 17.7 Å². The van der Waals surface area contributed by atoms with Crippen LogP contribution in [-0.4, -0.2) is 32.6 Å². The molecule has 1 amide bonds. The lowest BCUT2D eigenvalue weighted by Crippen LogP contribution is -2.62. The number of rotatable bonds is 1. The molecule has 0 aliphatic carbocycles. The molecule has 0 bridgehead atoms. The third kappa shape index (κ3) is 1.30. The van der Waals surface area contributed by atoms with E-state index in [2.05, 4.69) is 6.58 Å². The lowest BCUT2D eigenvalue weighted by atomic mass is 10.1. The molecule has 2 aliphatic rings. The number of halogens is 1. The van der Waals surface area contributed by atoms with E-state index in [4.69, 9.17) is 16.7 Å². The van der Waals surface area contributed by atoms with Gasteiger partial charge in [-0.2, -0.15) is 0 Å². The highest BCUT2D eigenvalue weighted by Gasteiger charge is 2.53. The highest BCUT2D eigenvalue weighted by molar-refractivity contribution is 8.04. The topological polar surface area (TPSA) is 57.6 Å². The second kappa shape index (κ2) is 3.28. The Labute approximate surface area is 95.6 Å². The van der Waals surface area contributed by atoms with Crippen LogP contribution in [0.3, 0.4) is 0 Å². The molecule has 0 unspecified atom stereocenters. The summed E-state index contributed by atoms with van der Waals surface area (Å²) in [6.45, 7) is 5.39. The van der Waals surface area contributed by atoms with Crippen molar-refractivity contribution in [3.05, 3.63) is 22.8 Å². The van der Waals surface area contributed by atoms with Gasteiger partial charge in [-0.25, -0.2) is 4.79 Å². The van der Waals surface area contributed by atoms with Gasteiger partial charge in [0.2, 0.25) is 5.91 Å². The van der Waals surface area contributed by atoms with Crippen molar-refractivity contribution in [2.75, 3.05) is 0 Å². The molecule has 15 heavy (non-hydrogen) atoms. The zero-order valence-electron chi connectivity index (χ0n) is 7.86. The van der Waals surface area contributed by atoms with Crippen LogP contribution in [0.1, 0.15) is 6.92 Å². The molecule has 1 N–H and O–H groups in total. The van der Waals surface area contributed by atoms with Crippen LogP contribution in [0, 0.1) is 0 Å². The highest BCUT2D eigenvalue weighted by atomic mass is 35.5. The number of carbonyl (C=O) groups is 2. The van der Waals surface area contributed by atoms with Crippen LogP contribution in [0.25, 0.3) is 0 Å². The van der Waals surface area contributed by atoms with Gasteiger partial charge in [-0.15, -0.1) is 11.6 Å². The minimum Gasteiger partial charge on any atom is -0.477 e. The van der Waals surface area contributed by atoms with Gasteiger partial charge in [-0.05, 0) is 12.5 Å². The largest absolute Gasteiger partial charge is 0.477 e. The summed E-state index contributed by atoms with van der Waals surface area (Å²) in [5.41, 5.74) is 0.534. The van der Waals surface area contributed by atoms with Crippen molar-refractivity contribution in [2.24, 2.45) is 0 Å². The molecule has 0 spiro atoms. The number of aliphatic carboxylic acids is 1. The number of β-lactam (4-membered cyclic amide) rings is 1. The zero-order chi connectivity index (χ0) is 11.3. The Morgan fingerprint density at radius 2 is 2.27 bits per heavy atom. The first-order valence-corrected chi connectivity index (χ1v) is 5.54. The first-order valence-electron chi connectivity index (χ1n) is 4.22.